The van der Waals surface area contributed by atoms with Crippen LogP contribution in [0.2, 0.25) is 0 Å². The van der Waals surface area contributed by atoms with Crippen molar-refractivity contribution in [3.8, 4) is 0 Å². The maximum Gasteiger partial charge on any atom is 0.291 e. The first-order chi connectivity index (χ1) is 9.93. The first-order valence-electron chi connectivity index (χ1n) is 5.80. The molecule has 0 spiro atoms. The van der Waals surface area contributed by atoms with Gasteiger partial charge < -0.3 is 9.73 Å². The molecule has 0 saturated heterocycles. The lowest BCUT2D eigenvalue weighted by atomic mass is 10.2. The summed E-state index contributed by atoms with van der Waals surface area (Å²) in [5, 5.41) is 14.6. The molecule has 0 aliphatic carbocycles. The largest absolute Gasteiger partial charge is 0.438 e. The van der Waals surface area contributed by atoms with Gasteiger partial charge in [-0.1, -0.05) is 0 Å². The van der Waals surface area contributed by atoms with Crippen LogP contribution in [0.25, 0.3) is 10.9 Å². The Hall–Kier alpha value is -2.65. The predicted molar refractivity (Wildman–Crippen MR) is 74.1 cm³/mol. The highest BCUT2D eigenvalue weighted by Crippen LogP contribution is 2.18. The van der Waals surface area contributed by atoms with Gasteiger partial charge in [-0.2, -0.15) is 5.10 Å². The van der Waals surface area contributed by atoms with E-state index in [1.807, 2.05) is 0 Å². The summed E-state index contributed by atoms with van der Waals surface area (Å²) in [6, 6.07) is 7.54. The Kier molecular flexibility index (Phi) is 3.00. The first-order valence-corrected chi connectivity index (χ1v) is 7.35. The van der Waals surface area contributed by atoms with Crippen molar-refractivity contribution in [2.75, 3.05) is 5.32 Å². The molecular weight excluding hydrogens is 296 g/mol. The van der Waals surface area contributed by atoms with E-state index in [9.17, 15) is 13.2 Å². The zero-order chi connectivity index (χ0) is 15.0. The molecular formula is C12H10N4O4S. The van der Waals surface area contributed by atoms with Gasteiger partial charge >= 0.3 is 0 Å². The normalized spacial score (nSPS) is 11.7. The van der Waals surface area contributed by atoms with Gasteiger partial charge in [0.2, 0.25) is 5.09 Å². The van der Waals surface area contributed by atoms with Crippen LogP contribution in [-0.2, 0) is 10.0 Å². The van der Waals surface area contributed by atoms with E-state index in [1.165, 1.54) is 6.07 Å². The summed E-state index contributed by atoms with van der Waals surface area (Å²) in [7, 11) is -3.97. The van der Waals surface area contributed by atoms with Crippen LogP contribution in [0.3, 0.4) is 0 Å². The number of H-pyrrole nitrogens is 1. The van der Waals surface area contributed by atoms with Crippen LogP contribution in [0.1, 0.15) is 10.6 Å². The van der Waals surface area contributed by atoms with Crippen LogP contribution >= 0.6 is 0 Å². The molecule has 3 aromatic rings. The second kappa shape index (κ2) is 4.72. The number of carbonyl (C=O) groups excluding carboxylic acids is 1. The minimum Gasteiger partial charge on any atom is -0.438 e. The molecule has 9 heteroatoms. The SMILES string of the molecule is NS(=O)(=O)c1ccc(C(=O)Nc2ccc3cn[nH]c3c2)o1. The van der Waals surface area contributed by atoms with Gasteiger partial charge in [-0.25, -0.2) is 13.6 Å². The van der Waals surface area contributed by atoms with Crippen molar-refractivity contribution in [2.45, 2.75) is 5.09 Å². The van der Waals surface area contributed by atoms with E-state index in [0.29, 0.717) is 5.69 Å². The molecule has 4 N–H and O–H groups in total. The highest BCUT2D eigenvalue weighted by Gasteiger charge is 2.17. The molecule has 1 amide bonds. The van der Waals surface area contributed by atoms with Crippen LogP contribution in [0.4, 0.5) is 5.69 Å². The summed E-state index contributed by atoms with van der Waals surface area (Å²) < 4.78 is 27.1. The van der Waals surface area contributed by atoms with Crippen molar-refractivity contribution in [3.05, 3.63) is 42.3 Å². The summed E-state index contributed by atoms with van der Waals surface area (Å²) in [6.45, 7) is 0. The number of benzene rings is 1. The summed E-state index contributed by atoms with van der Waals surface area (Å²) in [5.41, 5.74) is 1.28. The number of nitrogens with zero attached hydrogens (tertiary/aromatic N) is 1. The minimum absolute atomic E-state index is 0.149. The molecule has 0 radical (unpaired) electrons. The molecule has 2 heterocycles. The molecule has 0 aliphatic rings. The number of nitrogens with two attached hydrogens (primary N) is 1. The number of amides is 1. The summed E-state index contributed by atoms with van der Waals surface area (Å²) in [6.07, 6.45) is 1.66. The fourth-order valence-electron chi connectivity index (χ4n) is 1.80. The number of anilines is 1. The maximum absolute atomic E-state index is 12.0. The van der Waals surface area contributed by atoms with Crippen LogP contribution in [0.5, 0.6) is 0 Å². The van der Waals surface area contributed by atoms with Crippen LogP contribution in [-0.4, -0.2) is 24.5 Å². The molecule has 3 rings (SSSR count). The van der Waals surface area contributed by atoms with Crippen molar-refractivity contribution in [1.82, 2.24) is 10.2 Å². The molecule has 108 valence electrons. The quantitative estimate of drug-likeness (QED) is 0.665. The number of sulfonamides is 1. The third-order valence-electron chi connectivity index (χ3n) is 2.79. The van der Waals surface area contributed by atoms with E-state index < -0.39 is 21.0 Å². The van der Waals surface area contributed by atoms with Gasteiger partial charge in [-0.3, -0.25) is 9.89 Å². The van der Waals surface area contributed by atoms with Gasteiger partial charge in [0.1, 0.15) is 0 Å². The van der Waals surface area contributed by atoms with Crippen molar-refractivity contribution in [3.63, 3.8) is 0 Å². The summed E-state index contributed by atoms with van der Waals surface area (Å²) in [4.78, 5) is 12.0. The van der Waals surface area contributed by atoms with Crippen LogP contribution < -0.4 is 10.5 Å². The van der Waals surface area contributed by atoms with Gasteiger partial charge in [0.05, 0.1) is 11.7 Å². The Bertz CT molecular complexity index is 926. The topological polar surface area (TPSA) is 131 Å². The van der Waals surface area contributed by atoms with E-state index in [0.717, 1.165) is 17.0 Å². The Labute approximate surface area is 119 Å². The lowest BCUT2D eigenvalue weighted by Gasteiger charge is -2.02. The van der Waals surface area contributed by atoms with Crippen molar-refractivity contribution >= 4 is 32.5 Å². The number of carbonyl (C=O) groups is 1. The number of rotatable bonds is 3. The van der Waals surface area contributed by atoms with Crippen LogP contribution in [0, 0.1) is 0 Å². The monoisotopic (exact) mass is 306 g/mol. The Morgan fingerprint density at radius 3 is 2.81 bits per heavy atom. The lowest BCUT2D eigenvalue weighted by Crippen LogP contribution is -2.12. The third-order valence-corrected chi connectivity index (χ3v) is 3.57. The summed E-state index contributed by atoms with van der Waals surface area (Å²) in [5.74, 6) is -0.729. The zero-order valence-electron chi connectivity index (χ0n) is 10.5. The number of hydrogen-bond donors (Lipinski definition) is 3. The minimum atomic E-state index is -3.97. The average Bonchev–Trinajstić information content (AvgIpc) is 3.06. The smallest absolute Gasteiger partial charge is 0.291 e. The standard InChI is InChI=1S/C12H10N4O4S/c13-21(18,19)11-4-3-10(20-11)12(17)15-8-2-1-7-6-14-16-9(7)5-8/h1-6H,(H,14,16)(H,15,17)(H2,13,18,19). The second-order valence-corrected chi connectivity index (χ2v) is 5.78. The number of fused-ring (bicyclic) bond motifs is 1. The summed E-state index contributed by atoms with van der Waals surface area (Å²) >= 11 is 0. The number of primary sulfonamides is 1. The molecule has 8 nitrogen and oxygen atoms in total. The molecule has 1 aromatic carbocycles. The van der Waals surface area contributed by atoms with E-state index in [2.05, 4.69) is 15.5 Å². The maximum atomic E-state index is 12.0. The molecule has 0 fully saturated rings. The lowest BCUT2D eigenvalue weighted by molar-refractivity contribution is 0.0991. The Morgan fingerprint density at radius 1 is 1.29 bits per heavy atom. The van der Waals surface area contributed by atoms with Crippen molar-refractivity contribution < 1.29 is 17.6 Å². The molecule has 0 aliphatic heterocycles. The van der Waals surface area contributed by atoms with Gasteiger partial charge in [0.15, 0.2) is 5.76 Å². The highest BCUT2D eigenvalue weighted by molar-refractivity contribution is 7.89. The number of aromatic amines is 1. The average molecular weight is 306 g/mol. The molecule has 0 bridgehead atoms. The van der Waals surface area contributed by atoms with Gasteiger partial charge in [0, 0.05) is 11.1 Å². The molecule has 21 heavy (non-hydrogen) atoms. The van der Waals surface area contributed by atoms with E-state index >= 15 is 0 Å². The Morgan fingerprint density at radius 2 is 2.10 bits per heavy atom. The van der Waals surface area contributed by atoms with E-state index in [1.54, 1.807) is 24.4 Å². The zero-order valence-corrected chi connectivity index (χ0v) is 11.3. The van der Waals surface area contributed by atoms with Gasteiger partial charge in [-0.05, 0) is 30.3 Å². The van der Waals surface area contributed by atoms with E-state index in [-0.39, 0.29) is 5.76 Å². The first kappa shape index (κ1) is 13.3. The predicted octanol–water partition coefficient (Wildman–Crippen LogP) is 1.06. The van der Waals surface area contributed by atoms with Crippen molar-refractivity contribution in [1.29, 1.82) is 0 Å². The molecule has 2 aromatic heterocycles. The Balaban J connectivity index is 1.84. The second-order valence-electron chi connectivity index (χ2n) is 4.29. The molecule has 0 atom stereocenters. The highest BCUT2D eigenvalue weighted by atomic mass is 32.2. The fraction of sp³-hybridized carbons (Fsp3) is 0. The third kappa shape index (κ3) is 2.64. The fourth-order valence-corrected chi connectivity index (χ4v) is 2.27. The number of aromatic nitrogens is 2. The number of hydrogen-bond acceptors (Lipinski definition) is 5. The molecule has 0 unspecified atom stereocenters. The number of furan rings is 1. The van der Waals surface area contributed by atoms with Crippen molar-refractivity contribution in [2.24, 2.45) is 5.14 Å². The van der Waals surface area contributed by atoms with Crippen LogP contribution in [0.15, 0.2) is 46.0 Å². The number of nitrogens with one attached hydrogen (secondary N) is 2. The molecule has 0 saturated carbocycles. The van der Waals surface area contributed by atoms with Gasteiger partial charge in [-0.15, -0.1) is 0 Å². The van der Waals surface area contributed by atoms with Gasteiger partial charge in [0.25, 0.3) is 15.9 Å². The van der Waals surface area contributed by atoms with E-state index in [4.69, 9.17) is 9.56 Å².